The molecule has 1 saturated heterocycles. The maximum Gasteiger partial charge on any atom is 0.130 e. The smallest absolute Gasteiger partial charge is 0.130 e. The van der Waals surface area contributed by atoms with Crippen LogP contribution >= 0.6 is 0 Å². The molecule has 0 aromatic heterocycles. The van der Waals surface area contributed by atoms with Crippen LogP contribution in [-0.4, -0.2) is 47.0 Å². The molecule has 1 aliphatic rings. The molecule has 0 saturated carbocycles. The van der Waals surface area contributed by atoms with E-state index in [-0.39, 0.29) is 12.5 Å². The van der Waals surface area contributed by atoms with Crippen LogP contribution in [0, 0.1) is 17.8 Å². The van der Waals surface area contributed by atoms with Crippen LogP contribution in [0.5, 0.6) is 0 Å². The first-order valence-electron chi connectivity index (χ1n) is 5.03. The van der Waals surface area contributed by atoms with Gasteiger partial charge in [-0.15, -0.1) is 0 Å². The molecule has 1 fully saturated rings. The fourth-order valence-electron chi connectivity index (χ4n) is 1.94. The van der Waals surface area contributed by atoms with Crippen molar-refractivity contribution in [2.75, 3.05) is 20.2 Å². The van der Waals surface area contributed by atoms with E-state index < -0.39 is 5.60 Å². The van der Waals surface area contributed by atoms with Crippen molar-refractivity contribution in [2.45, 2.75) is 31.9 Å². The second-order valence-corrected chi connectivity index (χ2v) is 4.28. The quantitative estimate of drug-likeness (QED) is 0.540. The lowest BCUT2D eigenvalue weighted by molar-refractivity contribution is -0.0348. The molecule has 80 valence electrons. The van der Waals surface area contributed by atoms with Crippen LogP contribution in [0.15, 0.2) is 0 Å². The molecular weight excluding hydrogens is 178 g/mol. The second-order valence-electron chi connectivity index (χ2n) is 4.28. The standard InChI is InChI=1S/C11H19NO2/c1-9-8-12(3)10(2)7-11(9,14)5-4-6-13/h9-10,13-14H,6-8H2,1-3H3. The lowest BCUT2D eigenvalue weighted by Gasteiger charge is -2.42. The lowest BCUT2D eigenvalue weighted by atomic mass is 9.80. The number of likely N-dealkylation sites (tertiary alicyclic amines) is 1. The van der Waals surface area contributed by atoms with Crippen molar-refractivity contribution in [3.8, 4) is 11.8 Å². The Bertz CT molecular complexity index is 256. The summed E-state index contributed by atoms with van der Waals surface area (Å²) < 4.78 is 0. The molecule has 0 aromatic rings. The van der Waals surface area contributed by atoms with Gasteiger partial charge in [0.25, 0.3) is 0 Å². The van der Waals surface area contributed by atoms with Crippen molar-refractivity contribution in [2.24, 2.45) is 5.92 Å². The third-order valence-corrected chi connectivity index (χ3v) is 3.12. The molecule has 0 amide bonds. The predicted octanol–water partition coefficient (Wildman–Crippen LogP) is 0.0733. The van der Waals surface area contributed by atoms with E-state index in [4.69, 9.17) is 5.11 Å². The van der Waals surface area contributed by atoms with Gasteiger partial charge in [-0.2, -0.15) is 0 Å². The fourth-order valence-corrected chi connectivity index (χ4v) is 1.94. The van der Waals surface area contributed by atoms with Crippen molar-refractivity contribution in [3.63, 3.8) is 0 Å². The Morgan fingerprint density at radius 3 is 2.71 bits per heavy atom. The van der Waals surface area contributed by atoms with Crippen molar-refractivity contribution in [1.82, 2.24) is 4.90 Å². The SMILES string of the molecule is CC1CC(O)(C#CCO)C(C)CN1C. The van der Waals surface area contributed by atoms with Gasteiger partial charge in [0.2, 0.25) is 0 Å². The predicted molar refractivity (Wildman–Crippen MR) is 55.7 cm³/mol. The molecule has 1 rings (SSSR count). The molecule has 0 aliphatic carbocycles. The molecule has 1 heterocycles. The van der Waals surface area contributed by atoms with E-state index in [1.165, 1.54) is 0 Å². The van der Waals surface area contributed by atoms with Crippen LogP contribution in [0.1, 0.15) is 20.3 Å². The summed E-state index contributed by atoms with van der Waals surface area (Å²) in [5.41, 5.74) is -0.922. The van der Waals surface area contributed by atoms with Gasteiger partial charge in [-0.1, -0.05) is 18.8 Å². The zero-order valence-electron chi connectivity index (χ0n) is 9.12. The molecule has 3 unspecified atom stereocenters. The van der Waals surface area contributed by atoms with Gasteiger partial charge >= 0.3 is 0 Å². The number of aliphatic hydroxyl groups excluding tert-OH is 1. The highest BCUT2D eigenvalue weighted by molar-refractivity contribution is 5.18. The maximum absolute atomic E-state index is 10.2. The van der Waals surface area contributed by atoms with Gasteiger partial charge in [0, 0.05) is 24.9 Å². The summed E-state index contributed by atoms with van der Waals surface area (Å²) in [7, 11) is 2.06. The summed E-state index contributed by atoms with van der Waals surface area (Å²) in [4.78, 5) is 2.22. The Morgan fingerprint density at radius 1 is 1.50 bits per heavy atom. The molecule has 3 nitrogen and oxygen atoms in total. The molecule has 14 heavy (non-hydrogen) atoms. The molecule has 0 radical (unpaired) electrons. The van der Waals surface area contributed by atoms with Gasteiger partial charge in [0.05, 0.1) is 0 Å². The highest BCUT2D eigenvalue weighted by Gasteiger charge is 2.39. The van der Waals surface area contributed by atoms with Crippen LogP contribution in [0.2, 0.25) is 0 Å². The fraction of sp³-hybridized carbons (Fsp3) is 0.818. The Balaban J connectivity index is 2.77. The monoisotopic (exact) mass is 197 g/mol. The Morgan fingerprint density at radius 2 is 2.14 bits per heavy atom. The first-order valence-corrected chi connectivity index (χ1v) is 5.03. The van der Waals surface area contributed by atoms with Crippen molar-refractivity contribution in [3.05, 3.63) is 0 Å². The van der Waals surface area contributed by atoms with E-state index in [9.17, 15) is 5.11 Å². The number of aliphatic hydroxyl groups is 2. The van der Waals surface area contributed by atoms with Crippen LogP contribution in [0.25, 0.3) is 0 Å². The molecule has 0 aromatic carbocycles. The summed E-state index contributed by atoms with van der Waals surface area (Å²) >= 11 is 0. The summed E-state index contributed by atoms with van der Waals surface area (Å²) in [6, 6.07) is 0.337. The first-order chi connectivity index (χ1) is 6.49. The average Bonchev–Trinajstić information content (AvgIpc) is 2.12. The van der Waals surface area contributed by atoms with Crippen LogP contribution in [-0.2, 0) is 0 Å². The molecule has 2 N–H and O–H groups in total. The largest absolute Gasteiger partial charge is 0.384 e. The minimum absolute atomic E-state index is 0.128. The number of hydrogen-bond acceptors (Lipinski definition) is 3. The van der Waals surface area contributed by atoms with Gasteiger partial charge in [0.15, 0.2) is 0 Å². The Labute approximate surface area is 85.7 Å². The van der Waals surface area contributed by atoms with E-state index in [0.717, 1.165) is 6.54 Å². The zero-order valence-corrected chi connectivity index (χ0v) is 9.12. The van der Waals surface area contributed by atoms with E-state index >= 15 is 0 Å². The second kappa shape index (κ2) is 4.31. The third kappa shape index (κ3) is 2.27. The third-order valence-electron chi connectivity index (χ3n) is 3.12. The van der Waals surface area contributed by atoms with E-state index in [1.54, 1.807) is 0 Å². The number of piperidine rings is 1. The number of rotatable bonds is 0. The molecule has 0 spiro atoms. The highest BCUT2D eigenvalue weighted by Crippen LogP contribution is 2.30. The molecular formula is C11H19NO2. The number of nitrogens with zero attached hydrogens (tertiary/aromatic N) is 1. The van der Waals surface area contributed by atoms with Crippen molar-refractivity contribution in [1.29, 1.82) is 0 Å². The molecule has 3 heteroatoms. The van der Waals surface area contributed by atoms with Crippen LogP contribution < -0.4 is 0 Å². The molecule has 0 bridgehead atoms. The van der Waals surface area contributed by atoms with Crippen LogP contribution in [0.4, 0.5) is 0 Å². The summed E-state index contributed by atoms with van der Waals surface area (Å²) in [6.07, 6.45) is 0.650. The first kappa shape index (κ1) is 11.5. The van der Waals surface area contributed by atoms with Gasteiger partial charge in [-0.25, -0.2) is 0 Å². The topological polar surface area (TPSA) is 43.7 Å². The number of hydrogen-bond donors (Lipinski definition) is 2. The normalized spacial score (nSPS) is 38.9. The average molecular weight is 197 g/mol. The van der Waals surface area contributed by atoms with E-state index in [2.05, 4.69) is 30.7 Å². The van der Waals surface area contributed by atoms with E-state index in [0.29, 0.717) is 12.5 Å². The van der Waals surface area contributed by atoms with Crippen molar-refractivity contribution < 1.29 is 10.2 Å². The summed E-state index contributed by atoms with van der Waals surface area (Å²) in [5.74, 6) is 5.47. The minimum Gasteiger partial charge on any atom is -0.384 e. The van der Waals surface area contributed by atoms with Crippen LogP contribution in [0.3, 0.4) is 0 Å². The molecule has 1 aliphatic heterocycles. The van der Waals surface area contributed by atoms with Gasteiger partial charge < -0.3 is 15.1 Å². The maximum atomic E-state index is 10.2. The summed E-state index contributed by atoms with van der Waals surface area (Å²) in [6.45, 7) is 4.74. The molecule has 3 atom stereocenters. The minimum atomic E-state index is -0.922. The lowest BCUT2D eigenvalue weighted by Crippen LogP contribution is -2.52. The van der Waals surface area contributed by atoms with Gasteiger partial charge in [-0.05, 0) is 14.0 Å². The van der Waals surface area contributed by atoms with Gasteiger partial charge in [-0.3, -0.25) is 0 Å². The van der Waals surface area contributed by atoms with E-state index in [1.807, 2.05) is 6.92 Å². The van der Waals surface area contributed by atoms with Crippen molar-refractivity contribution >= 4 is 0 Å². The highest BCUT2D eigenvalue weighted by atomic mass is 16.3. The Hall–Kier alpha value is -0.560. The zero-order chi connectivity index (χ0) is 10.8. The Kier molecular flexibility index (Phi) is 3.54. The van der Waals surface area contributed by atoms with Gasteiger partial charge in [0.1, 0.15) is 12.2 Å². The summed E-state index contributed by atoms with van der Waals surface area (Å²) in [5, 5.41) is 18.9.